The molecule has 0 unspecified atom stereocenters. The van der Waals surface area contributed by atoms with Gasteiger partial charge in [-0.05, 0) is 64.2 Å². The largest absolute Gasteiger partial charge is 0.460 e. The molecule has 0 bridgehead atoms. The van der Waals surface area contributed by atoms with Crippen molar-refractivity contribution in [2.45, 2.75) is 71.3 Å². The second kappa shape index (κ2) is 8.32. The van der Waals surface area contributed by atoms with Crippen LogP contribution in [0.1, 0.15) is 64.9 Å². The van der Waals surface area contributed by atoms with Crippen molar-refractivity contribution in [3.63, 3.8) is 0 Å². The molecule has 0 radical (unpaired) electrons. The van der Waals surface area contributed by atoms with Gasteiger partial charge in [0.2, 0.25) is 0 Å². The summed E-state index contributed by atoms with van der Waals surface area (Å²) in [6.07, 6.45) is 5.98. The van der Waals surface area contributed by atoms with Gasteiger partial charge >= 0.3 is 11.9 Å². The van der Waals surface area contributed by atoms with Crippen molar-refractivity contribution in [3.05, 3.63) is 29.8 Å². The molecule has 0 aliphatic heterocycles. The predicted molar refractivity (Wildman–Crippen MR) is 92.8 cm³/mol. The van der Waals surface area contributed by atoms with Gasteiger partial charge in [-0.1, -0.05) is 25.0 Å². The van der Waals surface area contributed by atoms with Crippen LogP contribution in [-0.4, -0.2) is 17.5 Å². The van der Waals surface area contributed by atoms with E-state index in [1.54, 1.807) is 0 Å². The summed E-state index contributed by atoms with van der Waals surface area (Å²) in [5.74, 6) is 0.368. The van der Waals surface area contributed by atoms with E-state index in [9.17, 15) is 9.59 Å². The van der Waals surface area contributed by atoms with Gasteiger partial charge in [0.25, 0.3) is 0 Å². The molecule has 4 nitrogen and oxygen atoms in total. The van der Waals surface area contributed by atoms with Gasteiger partial charge in [0.05, 0.1) is 5.92 Å². The number of esters is 2. The predicted octanol–water partition coefficient (Wildman–Crippen LogP) is 4.45. The molecule has 0 atom stereocenters. The molecule has 2 rings (SSSR count). The van der Waals surface area contributed by atoms with Gasteiger partial charge in [0, 0.05) is 6.42 Å². The lowest BCUT2D eigenvalue weighted by molar-refractivity contribution is -0.154. The highest BCUT2D eigenvalue weighted by Crippen LogP contribution is 2.27. The van der Waals surface area contributed by atoms with Crippen molar-refractivity contribution >= 4 is 11.9 Å². The van der Waals surface area contributed by atoms with Crippen LogP contribution in [0, 0.1) is 5.92 Å². The summed E-state index contributed by atoms with van der Waals surface area (Å²) in [6.45, 7) is 5.60. The normalized spacial score (nSPS) is 15.3. The van der Waals surface area contributed by atoms with E-state index in [0.29, 0.717) is 12.2 Å². The van der Waals surface area contributed by atoms with Gasteiger partial charge in [0.1, 0.15) is 11.4 Å². The Kier molecular flexibility index (Phi) is 6.41. The van der Waals surface area contributed by atoms with Crippen molar-refractivity contribution < 1.29 is 19.1 Å². The van der Waals surface area contributed by atoms with Crippen LogP contribution in [0.2, 0.25) is 0 Å². The average Bonchev–Trinajstić information content (AvgIpc) is 3.00. The molecular weight excluding hydrogens is 304 g/mol. The third kappa shape index (κ3) is 6.34. The lowest BCUT2D eigenvalue weighted by Gasteiger charge is -2.19. The van der Waals surface area contributed by atoms with E-state index in [2.05, 4.69) is 0 Å². The van der Waals surface area contributed by atoms with E-state index in [4.69, 9.17) is 9.47 Å². The van der Waals surface area contributed by atoms with Gasteiger partial charge < -0.3 is 9.47 Å². The first-order valence-corrected chi connectivity index (χ1v) is 8.86. The number of aryl methyl sites for hydroxylation is 1. The Hall–Kier alpha value is -1.84. The fraction of sp³-hybridized carbons (Fsp3) is 0.600. The minimum atomic E-state index is -0.439. The Labute approximate surface area is 144 Å². The highest BCUT2D eigenvalue weighted by atomic mass is 16.6. The number of benzene rings is 1. The quantitative estimate of drug-likeness (QED) is 0.570. The van der Waals surface area contributed by atoms with E-state index in [0.717, 1.165) is 44.1 Å². The molecule has 1 aliphatic rings. The number of carbonyl (C=O) groups excluding carboxylic acids is 2. The third-order valence-corrected chi connectivity index (χ3v) is 4.07. The molecule has 0 N–H and O–H groups in total. The van der Waals surface area contributed by atoms with E-state index < -0.39 is 5.60 Å². The van der Waals surface area contributed by atoms with Gasteiger partial charge in [-0.2, -0.15) is 0 Å². The first kappa shape index (κ1) is 18.5. The fourth-order valence-electron chi connectivity index (χ4n) is 2.95. The Morgan fingerprint density at radius 3 is 2.54 bits per heavy atom. The number of rotatable bonds is 6. The molecule has 1 aromatic carbocycles. The van der Waals surface area contributed by atoms with Crippen LogP contribution in [0.3, 0.4) is 0 Å². The third-order valence-electron chi connectivity index (χ3n) is 4.07. The van der Waals surface area contributed by atoms with Crippen LogP contribution < -0.4 is 4.74 Å². The van der Waals surface area contributed by atoms with Crippen molar-refractivity contribution in [2.24, 2.45) is 5.92 Å². The molecule has 1 saturated carbocycles. The van der Waals surface area contributed by atoms with E-state index >= 15 is 0 Å². The summed E-state index contributed by atoms with van der Waals surface area (Å²) in [4.78, 5) is 23.8. The number of hydrogen-bond donors (Lipinski definition) is 0. The molecule has 132 valence electrons. The van der Waals surface area contributed by atoms with Crippen LogP contribution in [0.4, 0.5) is 0 Å². The molecule has 0 heterocycles. The molecule has 1 fully saturated rings. The topological polar surface area (TPSA) is 52.6 Å². The number of carbonyl (C=O) groups is 2. The molecule has 1 aliphatic carbocycles. The van der Waals surface area contributed by atoms with Gasteiger partial charge in [-0.3, -0.25) is 9.59 Å². The van der Waals surface area contributed by atoms with E-state index in [1.807, 2.05) is 45.0 Å². The lowest BCUT2D eigenvalue weighted by atomic mass is 10.1. The van der Waals surface area contributed by atoms with Gasteiger partial charge in [0.15, 0.2) is 0 Å². The Bertz CT molecular complexity index is 565. The summed E-state index contributed by atoms with van der Waals surface area (Å²) in [7, 11) is 0. The summed E-state index contributed by atoms with van der Waals surface area (Å²) in [6, 6.07) is 7.58. The summed E-state index contributed by atoms with van der Waals surface area (Å²) in [5.41, 5.74) is 0.626. The maximum absolute atomic E-state index is 12.1. The maximum Gasteiger partial charge on any atom is 0.314 e. The molecule has 0 saturated heterocycles. The summed E-state index contributed by atoms with van der Waals surface area (Å²) in [5, 5.41) is 0. The molecule has 0 aromatic heterocycles. The van der Waals surface area contributed by atoms with Crippen LogP contribution in [0.5, 0.6) is 5.75 Å². The van der Waals surface area contributed by atoms with Gasteiger partial charge in [-0.15, -0.1) is 0 Å². The van der Waals surface area contributed by atoms with Crippen LogP contribution >= 0.6 is 0 Å². The average molecular weight is 332 g/mol. The Morgan fingerprint density at radius 2 is 1.88 bits per heavy atom. The lowest BCUT2D eigenvalue weighted by Crippen LogP contribution is -2.23. The van der Waals surface area contributed by atoms with E-state index in [1.165, 1.54) is 0 Å². The zero-order valence-electron chi connectivity index (χ0n) is 15.0. The molecule has 1 aromatic rings. The van der Waals surface area contributed by atoms with Crippen molar-refractivity contribution in [2.75, 3.05) is 0 Å². The summed E-state index contributed by atoms with van der Waals surface area (Å²) >= 11 is 0. The smallest absolute Gasteiger partial charge is 0.314 e. The SMILES string of the molecule is CC(C)(C)OC(=O)CCCc1cccc(OC(=O)C2CCCC2)c1. The summed E-state index contributed by atoms with van der Waals surface area (Å²) < 4.78 is 10.8. The Balaban J connectivity index is 1.80. The monoisotopic (exact) mass is 332 g/mol. The molecular formula is C20H28O4. The number of hydrogen-bond acceptors (Lipinski definition) is 4. The Morgan fingerprint density at radius 1 is 1.17 bits per heavy atom. The van der Waals surface area contributed by atoms with Crippen molar-refractivity contribution in [1.82, 2.24) is 0 Å². The molecule has 0 amide bonds. The number of ether oxygens (including phenoxy) is 2. The first-order valence-electron chi connectivity index (χ1n) is 8.86. The first-order chi connectivity index (χ1) is 11.3. The van der Waals surface area contributed by atoms with Crippen LogP contribution in [-0.2, 0) is 20.7 Å². The van der Waals surface area contributed by atoms with Crippen molar-refractivity contribution in [1.29, 1.82) is 0 Å². The zero-order chi connectivity index (χ0) is 17.6. The molecule has 4 heteroatoms. The van der Waals surface area contributed by atoms with Crippen LogP contribution in [0.15, 0.2) is 24.3 Å². The fourth-order valence-corrected chi connectivity index (χ4v) is 2.95. The zero-order valence-corrected chi connectivity index (χ0v) is 15.0. The second-order valence-corrected chi connectivity index (χ2v) is 7.49. The molecule has 0 spiro atoms. The molecule has 24 heavy (non-hydrogen) atoms. The van der Waals surface area contributed by atoms with Gasteiger partial charge in [-0.25, -0.2) is 0 Å². The second-order valence-electron chi connectivity index (χ2n) is 7.49. The van der Waals surface area contributed by atoms with E-state index in [-0.39, 0.29) is 17.9 Å². The minimum absolute atomic E-state index is 0.0563. The highest BCUT2D eigenvalue weighted by molar-refractivity contribution is 5.75. The standard InChI is InChI=1S/C20H28O4/c1-20(2,3)24-18(21)13-7-9-15-8-6-12-17(14-15)23-19(22)16-10-4-5-11-16/h6,8,12,14,16H,4-5,7,9-11,13H2,1-3H3. The maximum atomic E-state index is 12.1. The highest BCUT2D eigenvalue weighted by Gasteiger charge is 2.24. The van der Waals surface area contributed by atoms with Crippen molar-refractivity contribution in [3.8, 4) is 5.75 Å². The van der Waals surface area contributed by atoms with Crippen LogP contribution in [0.25, 0.3) is 0 Å². The minimum Gasteiger partial charge on any atom is -0.460 e.